The summed E-state index contributed by atoms with van der Waals surface area (Å²) in [5.41, 5.74) is 5.84. The fourth-order valence-electron chi connectivity index (χ4n) is 3.04. The molecule has 138 valence electrons. The van der Waals surface area contributed by atoms with Gasteiger partial charge in [0.1, 0.15) is 0 Å². The molecule has 1 aliphatic rings. The Morgan fingerprint density at radius 3 is 2.65 bits per heavy atom. The summed E-state index contributed by atoms with van der Waals surface area (Å²) in [6, 6.07) is 0. The van der Waals surface area contributed by atoms with E-state index in [9.17, 15) is 9.59 Å². The summed E-state index contributed by atoms with van der Waals surface area (Å²) in [5, 5.41) is 0.428. The molecule has 3 heterocycles. The molecular formula is C17H22N6O2S. The quantitative estimate of drug-likeness (QED) is 0.470. The highest BCUT2D eigenvalue weighted by molar-refractivity contribution is 7.99. The zero-order valence-electron chi connectivity index (χ0n) is 15.0. The van der Waals surface area contributed by atoms with Crippen molar-refractivity contribution in [2.75, 3.05) is 23.7 Å². The number of fused-ring (bicyclic) bond motifs is 1. The largest absolute Gasteiger partial charge is 0.369 e. The second kappa shape index (κ2) is 7.83. The first-order chi connectivity index (χ1) is 12.5. The average Bonchev–Trinajstić information content (AvgIpc) is 3.00. The Balaban J connectivity index is 2.14. The molecule has 0 aliphatic carbocycles. The lowest BCUT2D eigenvalue weighted by molar-refractivity contribution is -0.115. The van der Waals surface area contributed by atoms with Crippen molar-refractivity contribution in [2.24, 2.45) is 12.8 Å². The number of nitrogens with zero attached hydrogens (tertiary/aromatic N) is 5. The van der Waals surface area contributed by atoms with Crippen molar-refractivity contribution in [1.29, 1.82) is 0 Å². The highest BCUT2D eigenvalue weighted by Crippen LogP contribution is 2.24. The molecule has 26 heavy (non-hydrogen) atoms. The predicted octanol–water partition coefficient (Wildman–Crippen LogP) is 0.721. The maximum atomic E-state index is 12.9. The number of piperidine rings is 1. The van der Waals surface area contributed by atoms with Gasteiger partial charge in [-0.15, -0.1) is 5.92 Å². The molecule has 0 aromatic carbocycles. The number of imidazole rings is 1. The van der Waals surface area contributed by atoms with Gasteiger partial charge in [-0.05, 0) is 26.2 Å². The number of primary amides is 1. The summed E-state index contributed by atoms with van der Waals surface area (Å²) in [4.78, 5) is 35.3. The molecule has 0 spiro atoms. The number of carbonyl (C=O) groups is 1. The molecule has 1 amide bonds. The third-order valence-electron chi connectivity index (χ3n) is 4.32. The minimum Gasteiger partial charge on any atom is -0.369 e. The molecule has 2 N–H and O–H groups in total. The van der Waals surface area contributed by atoms with Crippen molar-refractivity contribution < 1.29 is 4.79 Å². The molecule has 3 rings (SSSR count). The summed E-state index contributed by atoms with van der Waals surface area (Å²) in [6.45, 7) is 3.98. The minimum absolute atomic E-state index is 0.0623. The van der Waals surface area contributed by atoms with Crippen molar-refractivity contribution in [3.05, 3.63) is 10.4 Å². The Hall–Kier alpha value is -2.47. The van der Waals surface area contributed by atoms with Gasteiger partial charge in [-0.25, -0.2) is 4.98 Å². The van der Waals surface area contributed by atoms with Gasteiger partial charge in [-0.3, -0.25) is 18.7 Å². The van der Waals surface area contributed by atoms with Crippen molar-refractivity contribution in [2.45, 2.75) is 37.9 Å². The number of carbonyl (C=O) groups excluding carboxylic acids is 1. The number of nitrogens with two attached hydrogens (primary N) is 1. The lowest BCUT2D eigenvalue weighted by Crippen LogP contribution is -2.32. The van der Waals surface area contributed by atoms with Gasteiger partial charge in [-0.2, -0.15) is 4.98 Å². The third kappa shape index (κ3) is 3.55. The molecule has 1 aliphatic heterocycles. The molecule has 0 unspecified atom stereocenters. The van der Waals surface area contributed by atoms with E-state index in [0.29, 0.717) is 22.9 Å². The number of aromatic nitrogens is 4. The number of amides is 1. The topological polar surface area (TPSA) is 99.0 Å². The van der Waals surface area contributed by atoms with Gasteiger partial charge in [0.2, 0.25) is 11.9 Å². The van der Waals surface area contributed by atoms with Crippen LogP contribution < -0.4 is 16.2 Å². The van der Waals surface area contributed by atoms with Gasteiger partial charge in [0, 0.05) is 20.1 Å². The maximum absolute atomic E-state index is 12.9. The van der Waals surface area contributed by atoms with Crippen LogP contribution in [0.3, 0.4) is 0 Å². The van der Waals surface area contributed by atoms with Crippen LogP contribution in [-0.2, 0) is 18.4 Å². The zero-order valence-corrected chi connectivity index (χ0v) is 15.8. The van der Waals surface area contributed by atoms with Crippen LogP contribution in [0.5, 0.6) is 0 Å². The minimum atomic E-state index is -0.456. The van der Waals surface area contributed by atoms with Gasteiger partial charge >= 0.3 is 0 Å². The number of thioether (sulfide) groups is 1. The smallest absolute Gasteiger partial charge is 0.280 e. The molecular weight excluding hydrogens is 352 g/mol. The molecule has 2 aromatic heterocycles. The monoisotopic (exact) mass is 374 g/mol. The van der Waals surface area contributed by atoms with E-state index in [2.05, 4.69) is 26.7 Å². The third-order valence-corrected chi connectivity index (χ3v) is 5.37. The van der Waals surface area contributed by atoms with Crippen LogP contribution in [0, 0.1) is 11.8 Å². The first kappa shape index (κ1) is 18.3. The number of hydrogen-bond acceptors (Lipinski definition) is 6. The fraction of sp³-hybridized carbons (Fsp3) is 0.529. The van der Waals surface area contributed by atoms with E-state index < -0.39 is 5.91 Å². The standard InChI is InChI=1S/C17H22N6O2S/c1-3-4-10-23-13-14(19-16(23)22-8-6-5-7-9-22)20-17(21(2)15(13)25)26-11-12(18)24/h5-11H2,1-2H3,(H2,18,24). The van der Waals surface area contributed by atoms with E-state index in [1.165, 1.54) is 11.0 Å². The Labute approximate surface area is 155 Å². The summed E-state index contributed by atoms with van der Waals surface area (Å²) < 4.78 is 3.29. The number of anilines is 1. The van der Waals surface area contributed by atoms with Crippen molar-refractivity contribution >= 4 is 34.8 Å². The second-order valence-electron chi connectivity index (χ2n) is 6.16. The van der Waals surface area contributed by atoms with Gasteiger partial charge in [-0.1, -0.05) is 17.7 Å². The Morgan fingerprint density at radius 1 is 1.27 bits per heavy atom. The normalized spacial score (nSPS) is 14.3. The Kier molecular flexibility index (Phi) is 5.52. The van der Waals surface area contributed by atoms with Crippen LogP contribution in [0.2, 0.25) is 0 Å². The Bertz CT molecular complexity index is 946. The van der Waals surface area contributed by atoms with E-state index in [-0.39, 0.29) is 11.3 Å². The fourth-order valence-corrected chi connectivity index (χ4v) is 3.74. The number of hydrogen-bond donors (Lipinski definition) is 1. The Morgan fingerprint density at radius 2 is 2.00 bits per heavy atom. The van der Waals surface area contributed by atoms with Crippen LogP contribution >= 0.6 is 11.8 Å². The lowest BCUT2D eigenvalue weighted by atomic mass is 10.1. The second-order valence-corrected chi connectivity index (χ2v) is 7.10. The molecule has 0 radical (unpaired) electrons. The molecule has 9 heteroatoms. The molecule has 0 bridgehead atoms. The van der Waals surface area contributed by atoms with Gasteiger partial charge in [0.15, 0.2) is 16.3 Å². The first-order valence-electron chi connectivity index (χ1n) is 8.56. The van der Waals surface area contributed by atoms with E-state index >= 15 is 0 Å². The van der Waals surface area contributed by atoms with Crippen molar-refractivity contribution in [1.82, 2.24) is 19.1 Å². The molecule has 2 aromatic rings. The van der Waals surface area contributed by atoms with Crippen molar-refractivity contribution in [3.8, 4) is 11.8 Å². The van der Waals surface area contributed by atoms with Crippen LogP contribution in [-0.4, -0.2) is 43.9 Å². The van der Waals surface area contributed by atoms with Crippen LogP contribution in [0.15, 0.2) is 9.95 Å². The highest BCUT2D eigenvalue weighted by Gasteiger charge is 2.23. The summed E-state index contributed by atoms with van der Waals surface area (Å²) >= 11 is 1.14. The van der Waals surface area contributed by atoms with Crippen LogP contribution in [0.25, 0.3) is 11.2 Å². The molecule has 0 saturated carbocycles. The zero-order chi connectivity index (χ0) is 18.7. The number of rotatable bonds is 5. The summed E-state index contributed by atoms with van der Waals surface area (Å²) in [5.74, 6) is 6.25. The maximum Gasteiger partial charge on any atom is 0.280 e. The van der Waals surface area contributed by atoms with E-state index in [4.69, 9.17) is 5.73 Å². The SMILES string of the molecule is CC#CCn1c(N2CCCCC2)nc2nc(SCC(N)=O)n(C)c(=O)c21. The summed E-state index contributed by atoms with van der Waals surface area (Å²) in [6.07, 6.45) is 3.42. The average molecular weight is 374 g/mol. The van der Waals surface area contributed by atoms with Crippen molar-refractivity contribution in [3.63, 3.8) is 0 Å². The van der Waals surface area contributed by atoms with Gasteiger partial charge in [0.25, 0.3) is 5.56 Å². The molecule has 0 atom stereocenters. The molecule has 1 fully saturated rings. The van der Waals surface area contributed by atoms with E-state index in [0.717, 1.165) is 43.6 Å². The molecule has 8 nitrogen and oxygen atoms in total. The summed E-state index contributed by atoms with van der Waals surface area (Å²) in [7, 11) is 1.64. The van der Waals surface area contributed by atoms with Gasteiger partial charge < -0.3 is 10.6 Å². The predicted molar refractivity (Wildman–Crippen MR) is 102 cm³/mol. The lowest BCUT2D eigenvalue weighted by Gasteiger charge is -2.27. The van der Waals surface area contributed by atoms with E-state index in [1.54, 1.807) is 14.0 Å². The highest BCUT2D eigenvalue weighted by atomic mass is 32.2. The van der Waals surface area contributed by atoms with Crippen LogP contribution in [0.1, 0.15) is 26.2 Å². The van der Waals surface area contributed by atoms with Crippen LogP contribution in [0.4, 0.5) is 5.95 Å². The van der Waals surface area contributed by atoms with E-state index in [1.807, 2.05) is 4.57 Å². The molecule has 1 saturated heterocycles. The van der Waals surface area contributed by atoms with Gasteiger partial charge in [0.05, 0.1) is 12.3 Å². The first-order valence-corrected chi connectivity index (χ1v) is 9.54.